The number of hydrogen-bond acceptors (Lipinski definition) is 3. The Bertz CT molecular complexity index is 1140. The average molecular weight is 529 g/mol. The molecule has 0 saturated heterocycles. The van der Waals surface area contributed by atoms with Crippen LogP contribution in [-0.4, -0.2) is 30.0 Å². The van der Waals surface area contributed by atoms with E-state index in [4.69, 9.17) is 4.99 Å². The number of rotatable bonds is 3. The van der Waals surface area contributed by atoms with E-state index in [1.165, 1.54) is 12.1 Å². The SMILES string of the molecule is C[C@]12CCC(=O)CC1=NC[C@@H]1[C@H]2CC[C@]2(C)C(C(=O)N(c3ccc(C(F)(F)F)cc3)C3CCCC3)CC[C@@H]12. The van der Waals surface area contributed by atoms with Crippen LogP contribution in [0.4, 0.5) is 18.9 Å². The van der Waals surface area contributed by atoms with Crippen molar-refractivity contribution in [3.63, 3.8) is 0 Å². The first kappa shape index (κ1) is 26.1. The zero-order valence-electron chi connectivity index (χ0n) is 22.5. The summed E-state index contributed by atoms with van der Waals surface area (Å²) in [6.45, 7) is 5.38. The molecule has 1 unspecified atom stereocenters. The predicted octanol–water partition coefficient (Wildman–Crippen LogP) is 7.25. The molecule has 6 rings (SSSR count). The van der Waals surface area contributed by atoms with Gasteiger partial charge >= 0.3 is 6.18 Å². The first-order valence-electron chi connectivity index (χ1n) is 14.6. The minimum atomic E-state index is -4.39. The molecular formula is C31H39F3N2O2. The minimum absolute atomic E-state index is 0.00361. The summed E-state index contributed by atoms with van der Waals surface area (Å²) in [7, 11) is 0. The van der Waals surface area contributed by atoms with E-state index >= 15 is 0 Å². The number of halogens is 3. The van der Waals surface area contributed by atoms with Crippen LogP contribution in [-0.2, 0) is 15.8 Å². The van der Waals surface area contributed by atoms with E-state index in [9.17, 15) is 22.8 Å². The number of Topliss-reactive ketones (excluding diaryl/α,β-unsaturated/α-hetero) is 1. The van der Waals surface area contributed by atoms with Gasteiger partial charge < -0.3 is 4.90 Å². The molecule has 4 fully saturated rings. The van der Waals surface area contributed by atoms with Crippen LogP contribution in [0.1, 0.15) is 90.0 Å². The quantitative estimate of drug-likeness (QED) is 0.415. The molecular weight excluding hydrogens is 489 g/mol. The van der Waals surface area contributed by atoms with E-state index in [1.54, 1.807) is 0 Å². The van der Waals surface area contributed by atoms with Gasteiger partial charge in [0, 0.05) is 48.2 Å². The highest BCUT2D eigenvalue weighted by Gasteiger charge is 2.61. The van der Waals surface area contributed by atoms with E-state index in [2.05, 4.69) is 13.8 Å². The molecule has 0 N–H and O–H groups in total. The highest BCUT2D eigenvalue weighted by Crippen LogP contribution is 2.64. The lowest BCUT2D eigenvalue weighted by atomic mass is 9.49. The van der Waals surface area contributed by atoms with Crippen LogP contribution >= 0.6 is 0 Å². The maximum atomic E-state index is 14.4. The van der Waals surface area contributed by atoms with Crippen LogP contribution in [0.15, 0.2) is 29.3 Å². The molecule has 206 valence electrons. The summed E-state index contributed by atoms with van der Waals surface area (Å²) in [4.78, 5) is 33.4. The molecule has 1 aliphatic heterocycles. The highest BCUT2D eigenvalue weighted by molar-refractivity contribution is 6.07. The Kier molecular flexibility index (Phi) is 6.31. The first-order valence-corrected chi connectivity index (χ1v) is 14.6. The van der Waals surface area contributed by atoms with E-state index in [-0.39, 0.29) is 28.7 Å². The van der Waals surface area contributed by atoms with Gasteiger partial charge in [-0.2, -0.15) is 13.2 Å². The van der Waals surface area contributed by atoms with Crippen LogP contribution in [0.3, 0.4) is 0 Å². The smallest absolute Gasteiger partial charge is 0.309 e. The van der Waals surface area contributed by atoms with E-state index in [0.717, 1.165) is 82.2 Å². The van der Waals surface area contributed by atoms with Gasteiger partial charge in [0.25, 0.3) is 0 Å². The second kappa shape index (κ2) is 9.19. The maximum absolute atomic E-state index is 14.4. The van der Waals surface area contributed by atoms with Crippen LogP contribution in [0.5, 0.6) is 0 Å². The highest BCUT2D eigenvalue weighted by atomic mass is 19.4. The second-order valence-electron chi connectivity index (χ2n) is 13.2. The lowest BCUT2D eigenvalue weighted by molar-refractivity contribution is -0.137. The molecule has 4 aliphatic carbocycles. The Morgan fingerprint density at radius 2 is 1.68 bits per heavy atom. The molecule has 1 aromatic carbocycles. The van der Waals surface area contributed by atoms with Crippen molar-refractivity contribution < 1.29 is 22.8 Å². The minimum Gasteiger partial charge on any atom is -0.309 e. The van der Waals surface area contributed by atoms with Crippen molar-refractivity contribution in [3.05, 3.63) is 29.8 Å². The molecule has 38 heavy (non-hydrogen) atoms. The molecule has 1 amide bonds. The summed E-state index contributed by atoms with van der Waals surface area (Å²) in [5.41, 5.74) is 0.896. The summed E-state index contributed by atoms with van der Waals surface area (Å²) in [6.07, 6.45) is 5.41. The summed E-state index contributed by atoms with van der Waals surface area (Å²) < 4.78 is 39.7. The van der Waals surface area contributed by atoms with Gasteiger partial charge in [0.15, 0.2) is 0 Å². The normalized spacial score (nSPS) is 37.3. The molecule has 6 atom stereocenters. The van der Waals surface area contributed by atoms with Gasteiger partial charge in [-0.3, -0.25) is 14.6 Å². The number of fused-ring (bicyclic) bond motifs is 5. The molecule has 5 aliphatic rings. The summed E-state index contributed by atoms with van der Waals surface area (Å²) in [6, 6.07) is 5.27. The summed E-state index contributed by atoms with van der Waals surface area (Å²) >= 11 is 0. The lowest BCUT2D eigenvalue weighted by Crippen LogP contribution is -2.55. The van der Waals surface area contributed by atoms with E-state index in [1.807, 2.05) is 4.90 Å². The van der Waals surface area contributed by atoms with Gasteiger partial charge in [-0.25, -0.2) is 0 Å². The van der Waals surface area contributed by atoms with Gasteiger partial charge in [-0.1, -0.05) is 26.7 Å². The summed E-state index contributed by atoms with van der Waals surface area (Å²) in [5.74, 6) is 1.64. The number of ketones is 1. The monoisotopic (exact) mass is 528 g/mol. The van der Waals surface area contributed by atoms with E-state index in [0.29, 0.717) is 42.1 Å². The second-order valence-corrected chi connectivity index (χ2v) is 13.2. The number of carbonyl (C=O) groups is 2. The Labute approximate surface area is 223 Å². The van der Waals surface area contributed by atoms with Crippen molar-refractivity contribution in [2.45, 2.75) is 96.7 Å². The Morgan fingerprint density at radius 3 is 2.37 bits per heavy atom. The number of alkyl halides is 3. The standard InChI is InChI=1S/C31H39F3N2O2/c1-29-16-14-25-23(18-35-27-17-22(37)13-15-30(25,27)2)24(29)11-12-26(29)28(38)36(20-5-3-4-6-20)21-9-7-19(8-10-21)31(32,33)34/h7-10,20,23-26H,3-6,11-18H2,1-2H3/t23-,24-,25+,26?,29-,30+/m0/s1. The van der Waals surface area contributed by atoms with Crippen molar-refractivity contribution in [1.82, 2.24) is 0 Å². The van der Waals surface area contributed by atoms with E-state index < -0.39 is 11.7 Å². The number of anilines is 1. The molecule has 0 radical (unpaired) electrons. The van der Waals surface area contributed by atoms with Crippen molar-refractivity contribution >= 4 is 23.1 Å². The van der Waals surface area contributed by atoms with Crippen LogP contribution in [0.2, 0.25) is 0 Å². The van der Waals surface area contributed by atoms with Crippen molar-refractivity contribution in [1.29, 1.82) is 0 Å². The van der Waals surface area contributed by atoms with Gasteiger partial charge in [-0.15, -0.1) is 0 Å². The molecule has 4 nitrogen and oxygen atoms in total. The first-order chi connectivity index (χ1) is 18.0. The average Bonchev–Trinajstić information content (AvgIpc) is 3.52. The van der Waals surface area contributed by atoms with Crippen LogP contribution in [0.25, 0.3) is 0 Å². The molecule has 0 spiro atoms. The van der Waals surface area contributed by atoms with Crippen LogP contribution < -0.4 is 4.90 Å². The Morgan fingerprint density at radius 1 is 0.974 bits per heavy atom. The Balaban J connectivity index is 1.28. The summed E-state index contributed by atoms with van der Waals surface area (Å²) in [5, 5.41) is 0. The van der Waals surface area contributed by atoms with Crippen molar-refractivity contribution in [2.24, 2.45) is 39.5 Å². The molecule has 0 bridgehead atoms. The van der Waals surface area contributed by atoms with Crippen LogP contribution in [0, 0.1) is 34.5 Å². The molecule has 0 aromatic heterocycles. The molecule has 4 saturated carbocycles. The fraction of sp³-hybridized carbons (Fsp3) is 0.710. The number of nitrogens with zero attached hydrogens (tertiary/aromatic N) is 2. The van der Waals surface area contributed by atoms with Gasteiger partial charge in [0.05, 0.1) is 5.56 Å². The third kappa shape index (κ3) is 4.05. The third-order valence-electron chi connectivity index (χ3n) is 11.4. The topological polar surface area (TPSA) is 49.7 Å². The fourth-order valence-corrected chi connectivity index (χ4v) is 9.27. The molecule has 1 aromatic rings. The van der Waals surface area contributed by atoms with Gasteiger partial charge in [0.2, 0.25) is 5.91 Å². The number of carbonyl (C=O) groups excluding carboxylic acids is 2. The van der Waals surface area contributed by atoms with Crippen molar-refractivity contribution in [3.8, 4) is 0 Å². The fourth-order valence-electron chi connectivity index (χ4n) is 9.27. The third-order valence-corrected chi connectivity index (χ3v) is 11.4. The Hall–Kier alpha value is -2.18. The van der Waals surface area contributed by atoms with Crippen molar-refractivity contribution in [2.75, 3.05) is 11.4 Å². The number of hydrogen-bond donors (Lipinski definition) is 0. The maximum Gasteiger partial charge on any atom is 0.416 e. The number of aliphatic imine (C=N–C) groups is 1. The number of benzene rings is 1. The molecule has 7 heteroatoms. The van der Waals surface area contributed by atoms with Gasteiger partial charge in [0.1, 0.15) is 5.78 Å². The lowest BCUT2D eigenvalue weighted by Gasteiger charge is -2.56. The zero-order chi connectivity index (χ0) is 26.9. The van der Waals surface area contributed by atoms with Gasteiger partial charge in [-0.05, 0) is 92.4 Å². The predicted molar refractivity (Wildman–Crippen MR) is 141 cm³/mol. The largest absolute Gasteiger partial charge is 0.416 e. The zero-order valence-corrected chi connectivity index (χ0v) is 22.5. The number of amides is 1. The molecule has 1 heterocycles.